The molecular formula is C31H42N6O6. The van der Waals surface area contributed by atoms with Crippen molar-refractivity contribution in [3.05, 3.63) is 65.9 Å². The smallest absolute Gasteiger partial charge is 0.326 e. The average molecular weight is 595 g/mol. The summed E-state index contributed by atoms with van der Waals surface area (Å²) in [5.74, 6) is -3.36. The molecule has 1 aromatic heterocycles. The zero-order chi connectivity index (χ0) is 31.5. The van der Waals surface area contributed by atoms with E-state index in [1.165, 1.54) is 12.1 Å². The van der Waals surface area contributed by atoms with E-state index in [2.05, 4.69) is 20.9 Å². The normalized spacial score (nSPS) is 14.1. The summed E-state index contributed by atoms with van der Waals surface area (Å²) in [5, 5.41) is 28.1. The predicted octanol–water partition coefficient (Wildman–Crippen LogP) is 1.31. The molecule has 0 spiro atoms. The number of hydrogen-bond donors (Lipinski definition) is 8. The number of hydrogen-bond acceptors (Lipinski definition) is 7. The van der Waals surface area contributed by atoms with Crippen LogP contribution in [0.4, 0.5) is 0 Å². The molecule has 0 saturated heterocycles. The van der Waals surface area contributed by atoms with Gasteiger partial charge in [-0.25, -0.2) is 4.79 Å². The number of nitrogens with two attached hydrogens (primary N) is 2. The van der Waals surface area contributed by atoms with Crippen LogP contribution in [-0.2, 0) is 32.0 Å². The maximum atomic E-state index is 13.4. The molecule has 1 heterocycles. The number of amides is 3. The summed E-state index contributed by atoms with van der Waals surface area (Å²) in [4.78, 5) is 54.8. The third-order valence-electron chi connectivity index (χ3n) is 7.27. The number of unbranched alkanes of at least 4 members (excludes halogenated alkanes) is 1. The van der Waals surface area contributed by atoms with Crippen LogP contribution < -0.4 is 27.4 Å². The maximum Gasteiger partial charge on any atom is 0.326 e. The van der Waals surface area contributed by atoms with Gasteiger partial charge in [-0.2, -0.15) is 0 Å². The third kappa shape index (κ3) is 9.55. The number of carbonyl (C=O) groups excluding carboxylic acids is 3. The molecule has 0 aliphatic carbocycles. The van der Waals surface area contributed by atoms with Crippen LogP contribution in [0.3, 0.4) is 0 Å². The van der Waals surface area contributed by atoms with Crippen LogP contribution in [0.25, 0.3) is 10.9 Å². The van der Waals surface area contributed by atoms with Crippen LogP contribution in [-0.4, -0.2) is 69.6 Å². The highest BCUT2D eigenvalue weighted by Gasteiger charge is 2.32. The van der Waals surface area contributed by atoms with Crippen molar-refractivity contribution in [2.45, 2.75) is 70.1 Å². The van der Waals surface area contributed by atoms with Crippen molar-refractivity contribution in [1.29, 1.82) is 0 Å². The van der Waals surface area contributed by atoms with E-state index < -0.39 is 53.8 Å². The van der Waals surface area contributed by atoms with E-state index in [0.29, 0.717) is 24.9 Å². The standard InChI is InChI=1S/C31H42N6O6/c1-18(2)27(30(41)36-26(31(42)43)15-19-10-12-21(38)13-11-19)37-29(40)25(9-5-6-14-32)35-28(39)23(33)16-20-17-34-24-8-4-3-7-22(20)24/h3-4,7-8,10-13,17-18,23,25-27,34,38H,5-6,9,14-16,32-33H2,1-2H3,(H,35,39)(H,36,41)(H,37,40)(H,42,43). The van der Waals surface area contributed by atoms with Crippen LogP contribution in [0.1, 0.15) is 44.2 Å². The molecule has 0 bridgehead atoms. The lowest BCUT2D eigenvalue weighted by Gasteiger charge is -2.27. The van der Waals surface area contributed by atoms with Gasteiger partial charge in [0, 0.05) is 23.5 Å². The highest BCUT2D eigenvalue weighted by Crippen LogP contribution is 2.19. The van der Waals surface area contributed by atoms with E-state index in [4.69, 9.17) is 11.5 Å². The quantitative estimate of drug-likeness (QED) is 0.113. The largest absolute Gasteiger partial charge is 0.508 e. The Morgan fingerprint density at radius 3 is 2.19 bits per heavy atom. The summed E-state index contributed by atoms with van der Waals surface area (Å²) in [6.45, 7) is 3.86. The minimum Gasteiger partial charge on any atom is -0.508 e. The summed E-state index contributed by atoms with van der Waals surface area (Å²) in [7, 11) is 0. The second kappa shape index (κ2) is 15.7. The van der Waals surface area contributed by atoms with Gasteiger partial charge in [0.15, 0.2) is 0 Å². The van der Waals surface area contributed by atoms with Crippen LogP contribution in [0.5, 0.6) is 5.75 Å². The minimum atomic E-state index is -1.27. The van der Waals surface area contributed by atoms with Gasteiger partial charge in [0.1, 0.15) is 23.9 Å². The average Bonchev–Trinajstić information content (AvgIpc) is 3.38. The molecule has 3 rings (SSSR count). The molecule has 12 heteroatoms. The predicted molar refractivity (Wildman–Crippen MR) is 163 cm³/mol. The van der Waals surface area contributed by atoms with Gasteiger partial charge in [0.25, 0.3) is 0 Å². The molecule has 0 fully saturated rings. The molecule has 3 aromatic rings. The summed E-state index contributed by atoms with van der Waals surface area (Å²) in [5.41, 5.74) is 14.3. The lowest BCUT2D eigenvalue weighted by molar-refractivity contribution is -0.142. The van der Waals surface area contributed by atoms with E-state index in [9.17, 15) is 29.4 Å². The van der Waals surface area contributed by atoms with E-state index in [-0.39, 0.29) is 25.0 Å². The van der Waals surface area contributed by atoms with Gasteiger partial charge in [0.2, 0.25) is 17.7 Å². The molecule has 0 aliphatic heterocycles. The number of carboxylic acid groups (broad SMARTS) is 1. The van der Waals surface area contributed by atoms with Crippen molar-refractivity contribution < 1.29 is 29.4 Å². The summed E-state index contributed by atoms with van der Waals surface area (Å²) in [6, 6.07) is 9.42. The number of nitrogens with one attached hydrogen (secondary N) is 4. The van der Waals surface area contributed by atoms with Gasteiger partial charge in [-0.3, -0.25) is 14.4 Å². The summed E-state index contributed by atoms with van der Waals surface area (Å²) >= 11 is 0. The molecular weight excluding hydrogens is 552 g/mol. The second-order valence-electron chi connectivity index (χ2n) is 11.0. The van der Waals surface area contributed by atoms with Crippen molar-refractivity contribution in [1.82, 2.24) is 20.9 Å². The lowest BCUT2D eigenvalue weighted by atomic mass is 10.00. The molecule has 0 aliphatic rings. The molecule has 4 unspecified atom stereocenters. The van der Waals surface area contributed by atoms with Gasteiger partial charge in [-0.05, 0) is 67.5 Å². The number of benzene rings is 2. The van der Waals surface area contributed by atoms with Gasteiger partial charge in [-0.15, -0.1) is 0 Å². The molecule has 4 atom stereocenters. The van der Waals surface area contributed by atoms with Crippen LogP contribution in [0.2, 0.25) is 0 Å². The van der Waals surface area contributed by atoms with Crippen molar-refractivity contribution in [3.63, 3.8) is 0 Å². The van der Waals surface area contributed by atoms with Crippen molar-refractivity contribution in [2.75, 3.05) is 6.54 Å². The molecule has 2 aromatic carbocycles. The van der Waals surface area contributed by atoms with E-state index in [1.807, 2.05) is 24.3 Å². The number of rotatable bonds is 16. The Kier molecular flexibility index (Phi) is 12.1. The molecule has 10 N–H and O–H groups in total. The number of para-hydroxylation sites is 1. The van der Waals surface area contributed by atoms with Gasteiger partial charge in [0.05, 0.1) is 6.04 Å². The summed E-state index contributed by atoms with van der Waals surface area (Å²) < 4.78 is 0. The zero-order valence-corrected chi connectivity index (χ0v) is 24.5. The number of carbonyl (C=O) groups is 4. The SMILES string of the molecule is CC(C)C(NC(=O)C(CCCCN)NC(=O)C(N)Cc1c[nH]c2ccccc12)C(=O)NC(Cc1ccc(O)cc1)C(=O)O. The first-order valence-electron chi connectivity index (χ1n) is 14.4. The fourth-order valence-electron chi connectivity index (χ4n) is 4.79. The first kappa shape index (κ1) is 33.1. The summed E-state index contributed by atoms with van der Waals surface area (Å²) in [6.07, 6.45) is 3.50. The number of aromatic nitrogens is 1. The number of phenols is 1. The van der Waals surface area contributed by atoms with Gasteiger partial charge < -0.3 is 42.6 Å². The van der Waals surface area contributed by atoms with Crippen LogP contribution in [0.15, 0.2) is 54.7 Å². The fourth-order valence-corrected chi connectivity index (χ4v) is 4.79. The molecule has 3 amide bonds. The molecule has 43 heavy (non-hydrogen) atoms. The number of aromatic amines is 1. The highest BCUT2D eigenvalue weighted by atomic mass is 16.4. The number of fused-ring (bicyclic) bond motifs is 1. The maximum absolute atomic E-state index is 13.4. The monoisotopic (exact) mass is 594 g/mol. The van der Waals surface area contributed by atoms with E-state index >= 15 is 0 Å². The van der Waals surface area contributed by atoms with Gasteiger partial charge in [-0.1, -0.05) is 44.2 Å². The number of aromatic hydroxyl groups is 1. The Bertz CT molecular complexity index is 1390. The van der Waals surface area contributed by atoms with E-state index in [1.54, 1.807) is 32.2 Å². The zero-order valence-electron chi connectivity index (χ0n) is 24.5. The first-order chi connectivity index (χ1) is 20.5. The van der Waals surface area contributed by atoms with Gasteiger partial charge >= 0.3 is 5.97 Å². The molecule has 0 saturated carbocycles. The Morgan fingerprint density at radius 2 is 1.53 bits per heavy atom. The minimum absolute atomic E-state index is 0.0216. The number of phenolic OH excluding ortho intramolecular Hbond substituents is 1. The first-order valence-corrected chi connectivity index (χ1v) is 14.4. The number of carboxylic acids is 1. The topological polar surface area (TPSA) is 213 Å². The number of aliphatic carboxylic acids is 1. The highest BCUT2D eigenvalue weighted by molar-refractivity contribution is 5.94. The van der Waals surface area contributed by atoms with Crippen LogP contribution >= 0.6 is 0 Å². The lowest BCUT2D eigenvalue weighted by Crippen LogP contribution is -2.58. The van der Waals surface area contributed by atoms with Crippen LogP contribution in [0, 0.1) is 5.92 Å². The molecule has 12 nitrogen and oxygen atoms in total. The Balaban J connectivity index is 1.68. The molecule has 0 radical (unpaired) electrons. The third-order valence-corrected chi connectivity index (χ3v) is 7.27. The Hall–Kier alpha value is -4.42. The number of H-pyrrole nitrogens is 1. The van der Waals surface area contributed by atoms with Crippen molar-refractivity contribution >= 4 is 34.6 Å². The Morgan fingerprint density at radius 1 is 0.860 bits per heavy atom. The van der Waals surface area contributed by atoms with Crippen molar-refractivity contribution in [3.8, 4) is 5.75 Å². The second-order valence-corrected chi connectivity index (χ2v) is 11.0. The van der Waals surface area contributed by atoms with Crippen molar-refractivity contribution in [2.24, 2.45) is 17.4 Å². The fraction of sp³-hybridized carbons (Fsp3) is 0.419. The Labute approximate surface area is 250 Å². The van der Waals surface area contributed by atoms with E-state index in [0.717, 1.165) is 16.5 Å². The molecule has 232 valence electrons.